The predicted molar refractivity (Wildman–Crippen MR) is 44.0 cm³/mol. The van der Waals surface area contributed by atoms with Crippen molar-refractivity contribution in [3.8, 4) is 0 Å². The van der Waals surface area contributed by atoms with Gasteiger partial charge in [0.1, 0.15) is 0 Å². The summed E-state index contributed by atoms with van der Waals surface area (Å²) in [6.07, 6.45) is -0.185. The summed E-state index contributed by atoms with van der Waals surface area (Å²) in [4.78, 5) is 10.2. The van der Waals surface area contributed by atoms with Gasteiger partial charge >= 0.3 is 5.97 Å². The van der Waals surface area contributed by atoms with E-state index >= 15 is 0 Å². The van der Waals surface area contributed by atoms with E-state index in [9.17, 15) is 9.90 Å². The zero-order chi connectivity index (χ0) is 9.78. The number of aliphatic carboxylic acids is 1. The highest BCUT2D eigenvalue weighted by atomic mass is 16.5. The van der Waals surface area contributed by atoms with Gasteiger partial charge in [-0.15, -0.1) is 0 Å². The molecule has 0 heterocycles. The van der Waals surface area contributed by atoms with Crippen LogP contribution in [0.15, 0.2) is 0 Å². The predicted octanol–water partition coefficient (Wildman–Crippen LogP) is 0.637. The van der Waals surface area contributed by atoms with Gasteiger partial charge in [-0.25, -0.2) is 0 Å². The zero-order valence-corrected chi connectivity index (χ0v) is 7.70. The van der Waals surface area contributed by atoms with E-state index in [2.05, 4.69) is 0 Å². The van der Waals surface area contributed by atoms with Crippen molar-refractivity contribution in [2.45, 2.75) is 38.4 Å². The number of carboxylic acids is 1. The lowest BCUT2D eigenvalue weighted by atomic mass is 9.94. The van der Waals surface area contributed by atoms with Crippen molar-refractivity contribution in [1.82, 2.24) is 0 Å². The van der Waals surface area contributed by atoms with Crippen LogP contribution >= 0.6 is 0 Å². The molecule has 72 valence electrons. The molecule has 0 amide bonds. The van der Waals surface area contributed by atoms with Gasteiger partial charge in [-0.2, -0.15) is 0 Å². The Labute approximate surface area is 72.2 Å². The summed E-state index contributed by atoms with van der Waals surface area (Å²) >= 11 is 0. The van der Waals surface area contributed by atoms with Crippen LogP contribution in [0.25, 0.3) is 0 Å². The summed E-state index contributed by atoms with van der Waals surface area (Å²) in [6.45, 7) is 3.28. The minimum atomic E-state index is -1.06. The first-order valence-corrected chi connectivity index (χ1v) is 3.87. The molecule has 0 aliphatic heterocycles. The van der Waals surface area contributed by atoms with E-state index in [0.29, 0.717) is 0 Å². The topological polar surface area (TPSA) is 66.8 Å². The third-order valence-electron chi connectivity index (χ3n) is 2.07. The molecular weight excluding hydrogens is 160 g/mol. The first-order valence-electron chi connectivity index (χ1n) is 3.87. The van der Waals surface area contributed by atoms with Crippen LogP contribution in [-0.4, -0.2) is 35.0 Å². The molecule has 12 heavy (non-hydrogen) atoms. The summed E-state index contributed by atoms with van der Waals surface area (Å²) < 4.78 is 4.90. The molecule has 4 heteroatoms. The molecular formula is C8H16O4. The van der Waals surface area contributed by atoms with Crippen molar-refractivity contribution in [2.24, 2.45) is 0 Å². The van der Waals surface area contributed by atoms with Crippen molar-refractivity contribution in [3.05, 3.63) is 0 Å². The fourth-order valence-electron chi connectivity index (χ4n) is 0.817. The second-order valence-electron chi connectivity index (χ2n) is 3.13. The van der Waals surface area contributed by atoms with Crippen LogP contribution in [0.5, 0.6) is 0 Å². The van der Waals surface area contributed by atoms with E-state index in [1.165, 1.54) is 7.11 Å². The van der Waals surface area contributed by atoms with Crippen molar-refractivity contribution in [3.63, 3.8) is 0 Å². The van der Waals surface area contributed by atoms with Gasteiger partial charge in [0.2, 0.25) is 0 Å². The number of carbonyl (C=O) groups is 1. The second-order valence-corrected chi connectivity index (χ2v) is 3.13. The highest BCUT2D eigenvalue weighted by molar-refractivity contribution is 5.66. The molecule has 0 aromatic heterocycles. The summed E-state index contributed by atoms with van der Waals surface area (Å²) in [7, 11) is 1.49. The van der Waals surface area contributed by atoms with E-state index in [-0.39, 0.29) is 18.9 Å². The van der Waals surface area contributed by atoms with Crippen molar-refractivity contribution < 1.29 is 19.7 Å². The molecule has 0 saturated heterocycles. The Kier molecular flexibility index (Phi) is 4.20. The molecule has 0 spiro atoms. The Morgan fingerprint density at radius 1 is 1.67 bits per heavy atom. The smallest absolute Gasteiger partial charge is 0.303 e. The Bertz CT molecular complexity index is 153. The van der Waals surface area contributed by atoms with E-state index < -0.39 is 11.6 Å². The summed E-state index contributed by atoms with van der Waals surface area (Å²) in [5, 5.41) is 18.0. The van der Waals surface area contributed by atoms with Gasteiger partial charge in [0.25, 0.3) is 0 Å². The Morgan fingerprint density at radius 2 is 2.17 bits per heavy atom. The maximum Gasteiger partial charge on any atom is 0.303 e. The number of hydrogen-bond acceptors (Lipinski definition) is 3. The number of methoxy groups -OCH3 is 1. The first-order chi connectivity index (χ1) is 5.40. The standard InChI is InChI=1S/C8H16O4/c1-6(12-3)8(2,11)5-4-7(9)10/h6,11H,4-5H2,1-3H3,(H,9,10). The van der Waals surface area contributed by atoms with Crippen LogP contribution in [0.4, 0.5) is 0 Å². The lowest BCUT2D eigenvalue weighted by molar-refractivity contribution is -0.140. The number of hydrogen-bond donors (Lipinski definition) is 2. The molecule has 0 aromatic rings. The molecule has 0 aromatic carbocycles. The summed E-state index contributed by atoms with van der Waals surface area (Å²) in [6, 6.07) is 0. The molecule has 2 N–H and O–H groups in total. The summed E-state index contributed by atoms with van der Waals surface area (Å²) in [5.74, 6) is -0.904. The quantitative estimate of drug-likeness (QED) is 0.645. The monoisotopic (exact) mass is 176 g/mol. The lowest BCUT2D eigenvalue weighted by Gasteiger charge is -2.28. The van der Waals surface area contributed by atoms with Crippen LogP contribution in [0.3, 0.4) is 0 Å². The maximum atomic E-state index is 10.2. The third-order valence-corrected chi connectivity index (χ3v) is 2.07. The van der Waals surface area contributed by atoms with Crippen LogP contribution in [-0.2, 0) is 9.53 Å². The summed E-state index contributed by atoms with van der Waals surface area (Å²) in [5.41, 5.74) is -1.06. The molecule has 2 atom stereocenters. The fraction of sp³-hybridized carbons (Fsp3) is 0.875. The molecule has 0 rings (SSSR count). The molecule has 0 aliphatic carbocycles. The normalized spacial score (nSPS) is 18.3. The van der Waals surface area contributed by atoms with Crippen molar-refractivity contribution in [2.75, 3.05) is 7.11 Å². The third kappa shape index (κ3) is 3.69. The van der Waals surface area contributed by atoms with Gasteiger partial charge in [0, 0.05) is 13.5 Å². The SMILES string of the molecule is COC(C)C(C)(O)CCC(=O)O. The van der Waals surface area contributed by atoms with Crippen molar-refractivity contribution >= 4 is 5.97 Å². The van der Waals surface area contributed by atoms with Gasteiger partial charge in [-0.05, 0) is 20.3 Å². The Balaban J connectivity index is 3.94. The maximum absolute atomic E-state index is 10.2. The molecule has 0 aliphatic rings. The van der Waals surface area contributed by atoms with Gasteiger partial charge in [-0.3, -0.25) is 4.79 Å². The van der Waals surface area contributed by atoms with Crippen LogP contribution in [0.1, 0.15) is 26.7 Å². The molecule has 0 bridgehead atoms. The minimum Gasteiger partial charge on any atom is -0.481 e. The number of carboxylic acid groups (broad SMARTS) is 1. The minimum absolute atomic E-state index is 0.0410. The van der Waals surface area contributed by atoms with Crippen LogP contribution < -0.4 is 0 Å². The van der Waals surface area contributed by atoms with Gasteiger partial charge in [0.05, 0.1) is 11.7 Å². The van der Waals surface area contributed by atoms with E-state index in [0.717, 1.165) is 0 Å². The van der Waals surface area contributed by atoms with E-state index in [1.54, 1.807) is 13.8 Å². The fourth-order valence-corrected chi connectivity index (χ4v) is 0.817. The number of ether oxygens (including phenoxy) is 1. The Morgan fingerprint density at radius 3 is 2.50 bits per heavy atom. The number of aliphatic hydroxyl groups is 1. The molecule has 0 fully saturated rings. The van der Waals surface area contributed by atoms with E-state index in [4.69, 9.17) is 9.84 Å². The van der Waals surface area contributed by atoms with E-state index in [1.807, 2.05) is 0 Å². The molecule has 4 nitrogen and oxygen atoms in total. The molecule has 0 radical (unpaired) electrons. The van der Waals surface area contributed by atoms with Gasteiger partial charge in [0.15, 0.2) is 0 Å². The average Bonchev–Trinajstić information content (AvgIpc) is 1.99. The Hall–Kier alpha value is -0.610. The molecule has 0 saturated carbocycles. The van der Waals surface area contributed by atoms with Crippen LogP contribution in [0.2, 0.25) is 0 Å². The van der Waals surface area contributed by atoms with Gasteiger partial charge in [-0.1, -0.05) is 0 Å². The zero-order valence-electron chi connectivity index (χ0n) is 7.70. The first kappa shape index (κ1) is 11.4. The average molecular weight is 176 g/mol. The van der Waals surface area contributed by atoms with Crippen molar-refractivity contribution in [1.29, 1.82) is 0 Å². The lowest BCUT2D eigenvalue weighted by Crippen LogP contribution is -2.38. The highest BCUT2D eigenvalue weighted by Crippen LogP contribution is 2.18. The molecule has 2 unspecified atom stereocenters. The second kappa shape index (κ2) is 4.42. The van der Waals surface area contributed by atoms with Crippen LogP contribution in [0, 0.1) is 0 Å². The largest absolute Gasteiger partial charge is 0.481 e. The highest BCUT2D eigenvalue weighted by Gasteiger charge is 2.28. The van der Waals surface area contributed by atoms with Gasteiger partial charge < -0.3 is 14.9 Å². The number of rotatable bonds is 5.